The smallest absolute Gasteiger partial charge is 0.265 e. The Morgan fingerprint density at radius 2 is 1.76 bits per heavy atom. The lowest BCUT2D eigenvalue weighted by atomic mass is 10.1. The van der Waals surface area contributed by atoms with Gasteiger partial charge in [-0.1, -0.05) is 18.2 Å². The number of aryl methyl sites for hydroxylation is 1. The molecule has 5 heteroatoms. The highest BCUT2D eigenvalue weighted by atomic mass is 16.1. The Kier molecular flexibility index (Phi) is 4.01. The van der Waals surface area contributed by atoms with Crippen LogP contribution in [0.5, 0.6) is 0 Å². The van der Waals surface area contributed by atoms with E-state index < -0.39 is 0 Å². The molecule has 0 amide bonds. The minimum absolute atomic E-state index is 0.0183. The summed E-state index contributed by atoms with van der Waals surface area (Å²) in [5.74, 6) is 0. The Balaban J connectivity index is 1.80. The number of nitrogens with zero attached hydrogens (tertiary/aromatic N) is 4. The topological polar surface area (TPSA) is 41.4 Å². The van der Waals surface area contributed by atoms with Crippen molar-refractivity contribution in [2.75, 3.05) is 38.1 Å². The van der Waals surface area contributed by atoms with Crippen molar-refractivity contribution in [1.82, 2.24) is 14.5 Å². The zero-order valence-corrected chi connectivity index (χ0v) is 14.6. The van der Waals surface area contributed by atoms with E-state index in [1.807, 2.05) is 43.3 Å². The van der Waals surface area contributed by atoms with Crippen LogP contribution in [0.15, 0.2) is 53.6 Å². The lowest BCUT2D eigenvalue weighted by Crippen LogP contribution is -2.44. The predicted molar refractivity (Wildman–Crippen MR) is 102 cm³/mol. The van der Waals surface area contributed by atoms with Gasteiger partial charge in [0.2, 0.25) is 0 Å². The van der Waals surface area contributed by atoms with Crippen molar-refractivity contribution in [2.24, 2.45) is 0 Å². The highest BCUT2D eigenvalue weighted by molar-refractivity contribution is 5.82. The number of likely N-dealkylation sites (N-methyl/N-ethyl adjacent to an activating group) is 1. The first-order chi connectivity index (χ1) is 12.1. The van der Waals surface area contributed by atoms with Crippen LogP contribution in [0.25, 0.3) is 16.6 Å². The fourth-order valence-corrected chi connectivity index (χ4v) is 3.38. The molecule has 0 N–H and O–H groups in total. The van der Waals surface area contributed by atoms with Gasteiger partial charge in [0.05, 0.1) is 16.6 Å². The SMILES string of the molecule is Cc1ccccc1-n1cnc2ccc(N3CCN(C)CC3)cc2c1=O. The maximum absolute atomic E-state index is 13.1. The lowest BCUT2D eigenvalue weighted by molar-refractivity contribution is 0.313. The Morgan fingerprint density at radius 3 is 2.52 bits per heavy atom. The lowest BCUT2D eigenvalue weighted by Gasteiger charge is -2.34. The second kappa shape index (κ2) is 6.33. The number of aromatic nitrogens is 2. The first-order valence-corrected chi connectivity index (χ1v) is 8.64. The number of hydrogen-bond acceptors (Lipinski definition) is 4. The molecule has 1 aliphatic rings. The summed E-state index contributed by atoms with van der Waals surface area (Å²) in [7, 11) is 2.14. The summed E-state index contributed by atoms with van der Waals surface area (Å²) in [6.45, 7) is 6.05. The molecule has 2 aromatic carbocycles. The van der Waals surface area contributed by atoms with Gasteiger partial charge in [-0.15, -0.1) is 0 Å². The molecule has 25 heavy (non-hydrogen) atoms. The van der Waals surface area contributed by atoms with Gasteiger partial charge in [0.15, 0.2) is 0 Å². The Labute approximate surface area is 147 Å². The van der Waals surface area contributed by atoms with Crippen LogP contribution >= 0.6 is 0 Å². The summed E-state index contributed by atoms with van der Waals surface area (Å²) in [6, 6.07) is 13.9. The molecule has 1 fully saturated rings. The van der Waals surface area contributed by atoms with Gasteiger partial charge in [-0.2, -0.15) is 0 Å². The van der Waals surface area contributed by atoms with Gasteiger partial charge in [0.25, 0.3) is 5.56 Å². The van der Waals surface area contributed by atoms with Crippen LogP contribution < -0.4 is 10.5 Å². The van der Waals surface area contributed by atoms with Crippen molar-refractivity contribution < 1.29 is 0 Å². The monoisotopic (exact) mass is 334 g/mol. The molecule has 1 saturated heterocycles. The second-order valence-corrected chi connectivity index (χ2v) is 6.70. The average molecular weight is 334 g/mol. The minimum atomic E-state index is -0.0183. The van der Waals surface area contributed by atoms with E-state index in [1.54, 1.807) is 10.9 Å². The fourth-order valence-electron chi connectivity index (χ4n) is 3.38. The van der Waals surface area contributed by atoms with Gasteiger partial charge in [-0.05, 0) is 43.8 Å². The van der Waals surface area contributed by atoms with E-state index >= 15 is 0 Å². The number of fused-ring (bicyclic) bond motifs is 1. The number of anilines is 1. The van der Waals surface area contributed by atoms with Crippen LogP contribution in [0.4, 0.5) is 5.69 Å². The molecule has 4 rings (SSSR count). The molecule has 0 radical (unpaired) electrons. The van der Waals surface area contributed by atoms with Crippen LogP contribution in [-0.4, -0.2) is 47.7 Å². The number of hydrogen-bond donors (Lipinski definition) is 0. The molecule has 0 aliphatic carbocycles. The maximum atomic E-state index is 13.1. The van der Waals surface area contributed by atoms with E-state index in [4.69, 9.17) is 0 Å². The number of benzene rings is 2. The van der Waals surface area contributed by atoms with E-state index in [-0.39, 0.29) is 5.56 Å². The molecule has 1 aromatic heterocycles. The van der Waals surface area contributed by atoms with Crippen molar-refractivity contribution in [3.05, 3.63) is 64.7 Å². The molecule has 0 atom stereocenters. The van der Waals surface area contributed by atoms with Crippen molar-refractivity contribution >= 4 is 16.6 Å². The Bertz CT molecular complexity index is 971. The predicted octanol–water partition coefficient (Wildman–Crippen LogP) is 2.45. The van der Waals surface area contributed by atoms with Gasteiger partial charge < -0.3 is 9.80 Å². The summed E-state index contributed by atoms with van der Waals surface area (Å²) in [6.07, 6.45) is 1.63. The second-order valence-electron chi connectivity index (χ2n) is 6.70. The highest BCUT2D eigenvalue weighted by Crippen LogP contribution is 2.21. The maximum Gasteiger partial charge on any atom is 0.265 e. The molecule has 128 valence electrons. The zero-order valence-electron chi connectivity index (χ0n) is 14.6. The van der Waals surface area contributed by atoms with Crippen LogP contribution in [-0.2, 0) is 0 Å². The number of para-hydroxylation sites is 1. The largest absolute Gasteiger partial charge is 0.369 e. The first-order valence-electron chi connectivity index (χ1n) is 8.64. The molecular formula is C20H22N4O. The normalized spacial score (nSPS) is 15.7. The fraction of sp³-hybridized carbons (Fsp3) is 0.300. The highest BCUT2D eigenvalue weighted by Gasteiger charge is 2.16. The van der Waals surface area contributed by atoms with Gasteiger partial charge in [0, 0.05) is 31.9 Å². The molecule has 2 heterocycles. The van der Waals surface area contributed by atoms with E-state index in [1.165, 1.54) is 0 Å². The van der Waals surface area contributed by atoms with Crippen LogP contribution in [0, 0.1) is 6.92 Å². The van der Waals surface area contributed by atoms with Crippen molar-refractivity contribution in [3.63, 3.8) is 0 Å². The molecule has 0 bridgehead atoms. The molecule has 1 aliphatic heterocycles. The standard InChI is InChI=1S/C20H22N4O/c1-15-5-3-4-6-19(15)24-14-21-18-8-7-16(13-17(18)20(24)25)23-11-9-22(2)10-12-23/h3-8,13-14H,9-12H2,1-2H3. The van der Waals surface area contributed by atoms with Crippen LogP contribution in [0.2, 0.25) is 0 Å². The van der Waals surface area contributed by atoms with E-state index in [9.17, 15) is 4.79 Å². The van der Waals surface area contributed by atoms with E-state index in [2.05, 4.69) is 27.9 Å². The number of piperazine rings is 1. The molecule has 0 unspecified atom stereocenters. The molecule has 5 nitrogen and oxygen atoms in total. The van der Waals surface area contributed by atoms with Gasteiger partial charge in [-0.3, -0.25) is 9.36 Å². The van der Waals surface area contributed by atoms with Crippen molar-refractivity contribution in [1.29, 1.82) is 0 Å². The third-order valence-electron chi connectivity index (χ3n) is 4.99. The van der Waals surface area contributed by atoms with Gasteiger partial charge in [-0.25, -0.2) is 4.98 Å². The third kappa shape index (κ3) is 2.91. The quantitative estimate of drug-likeness (QED) is 0.722. The van der Waals surface area contributed by atoms with Gasteiger partial charge >= 0.3 is 0 Å². The summed E-state index contributed by atoms with van der Waals surface area (Å²) >= 11 is 0. The first kappa shape index (κ1) is 15.8. The van der Waals surface area contributed by atoms with Gasteiger partial charge in [0.1, 0.15) is 6.33 Å². The third-order valence-corrected chi connectivity index (χ3v) is 4.99. The molecule has 3 aromatic rings. The van der Waals surface area contributed by atoms with Crippen molar-refractivity contribution in [3.8, 4) is 5.69 Å². The summed E-state index contributed by atoms with van der Waals surface area (Å²) in [5.41, 5.74) is 3.76. The van der Waals surface area contributed by atoms with E-state index in [0.717, 1.165) is 48.6 Å². The van der Waals surface area contributed by atoms with Crippen molar-refractivity contribution in [2.45, 2.75) is 6.92 Å². The van der Waals surface area contributed by atoms with E-state index in [0.29, 0.717) is 5.39 Å². The summed E-state index contributed by atoms with van der Waals surface area (Å²) in [5, 5.41) is 0.669. The summed E-state index contributed by atoms with van der Waals surface area (Å²) < 4.78 is 1.64. The molecule has 0 saturated carbocycles. The zero-order chi connectivity index (χ0) is 17.4. The minimum Gasteiger partial charge on any atom is -0.369 e. The van der Waals surface area contributed by atoms with Crippen LogP contribution in [0.1, 0.15) is 5.56 Å². The molecule has 0 spiro atoms. The average Bonchev–Trinajstić information content (AvgIpc) is 2.63. The Hall–Kier alpha value is -2.66. The summed E-state index contributed by atoms with van der Waals surface area (Å²) in [4.78, 5) is 22.2. The van der Waals surface area contributed by atoms with Crippen LogP contribution in [0.3, 0.4) is 0 Å². The Morgan fingerprint density at radius 1 is 1.00 bits per heavy atom. The molecular weight excluding hydrogens is 312 g/mol. The number of rotatable bonds is 2.